The Morgan fingerprint density at radius 1 is 1.21 bits per heavy atom. The van der Waals surface area contributed by atoms with Crippen molar-refractivity contribution in [3.8, 4) is 0 Å². The predicted octanol–water partition coefficient (Wildman–Crippen LogP) is 0.777. The van der Waals surface area contributed by atoms with Crippen molar-refractivity contribution in [2.45, 2.75) is 14.8 Å². The number of nitrogens with two attached hydrogens (primary N) is 1. The molecule has 0 unspecified atom stereocenters. The van der Waals surface area contributed by atoms with Crippen LogP contribution in [0.4, 0.5) is 0 Å². The van der Waals surface area contributed by atoms with E-state index in [1.165, 1.54) is 17.4 Å². The van der Waals surface area contributed by atoms with E-state index in [1.54, 1.807) is 20.3 Å². The molecule has 0 fully saturated rings. The molecule has 13 heteroatoms. The summed E-state index contributed by atoms with van der Waals surface area (Å²) in [5.74, 6) is 0. The summed E-state index contributed by atoms with van der Waals surface area (Å²) in [7, 11) is -3.09. The molecule has 9 nitrogen and oxygen atoms in total. The van der Waals surface area contributed by atoms with E-state index in [9.17, 15) is 16.8 Å². The normalized spacial score (nSPS) is 15.9. The van der Waals surface area contributed by atoms with Crippen molar-refractivity contribution in [1.29, 1.82) is 0 Å². The van der Waals surface area contributed by atoms with Crippen LogP contribution < -0.4 is 5.14 Å². The Morgan fingerprint density at radius 2 is 1.86 bits per heavy atom. The Morgan fingerprint density at radius 3 is 2.43 bits per heavy atom. The van der Waals surface area contributed by atoms with Gasteiger partial charge in [-0.2, -0.15) is 0 Å². The zero-order valence-electron chi connectivity index (χ0n) is 16.0. The molecule has 0 spiro atoms. The summed E-state index contributed by atoms with van der Waals surface area (Å²) < 4.78 is 60.0. The number of hydrogen-bond donors (Lipinski definition) is 1. The summed E-state index contributed by atoms with van der Waals surface area (Å²) in [5, 5.41) is 5.15. The molecule has 0 saturated heterocycles. The van der Waals surface area contributed by atoms with E-state index < -0.39 is 20.0 Å². The molecule has 0 radical (unpaired) electrons. The van der Waals surface area contributed by atoms with E-state index in [2.05, 4.69) is 4.90 Å². The standard InChI is InChI=1S/C15H25N3O6S3.ClH/c1-17-13(11-18(6-8-24-3)5-4-7-23-2)9-12-10-14(26(16,19)20)25-15(12)27(17,21)22;/h9-10H,4-8,11H2,1-3H3,(H2,16,19,20);1H. The first-order valence-electron chi connectivity index (χ1n) is 8.17. The van der Waals surface area contributed by atoms with Gasteiger partial charge in [0.15, 0.2) is 0 Å². The molecule has 0 saturated carbocycles. The minimum absolute atomic E-state index is 0. The first kappa shape index (κ1) is 25.3. The number of thiophene rings is 1. The van der Waals surface area contributed by atoms with Gasteiger partial charge in [-0.3, -0.25) is 9.21 Å². The average Bonchev–Trinajstić information content (AvgIpc) is 3.03. The fourth-order valence-electron chi connectivity index (χ4n) is 2.65. The zero-order chi connectivity index (χ0) is 20.2. The topological polar surface area (TPSA) is 119 Å². The first-order valence-corrected chi connectivity index (χ1v) is 12.0. The molecular weight excluding hydrogens is 450 g/mol. The van der Waals surface area contributed by atoms with Crippen LogP contribution in [0, 0.1) is 0 Å². The van der Waals surface area contributed by atoms with Crippen molar-refractivity contribution in [3.63, 3.8) is 0 Å². The van der Waals surface area contributed by atoms with Crippen molar-refractivity contribution >= 4 is 49.9 Å². The molecule has 0 aromatic carbocycles. The lowest BCUT2D eigenvalue weighted by Gasteiger charge is -2.30. The molecule has 0 amide bonds. The monoisotopic (exact) mass is 475 g/mol. The first-order chi connectivity index (χ1) is 12.6. The highest BCUT2D eigenvalue weighted by atomic mass is 35.5. The highest BCUT2D eigenvalue weighted by Crippen LogP contribution is 2.37. The third-order valence-corrected chi connectivity index (χ3v) is 9.03. The molecule has 0 aliphatic carbocycles. The van der Waals surface area contributed by atoms with Crippen LogP contribution in [0.2, 0.25) is 0 Å². The molecular formula is C15H26ClN3O6S3. The van der Waals surface area contributed by atoms with Crippen LogP contribution in [0.5, 0.6) is 0 Å². The Hall–Kier alpha value is -0.730. The number of ether oxygens (including phenoxy) is 2. The molecule has 0 atom stereocenters. The fraction of sp³-hybridized carbons (Fsp3) is 0.600. The highest BCUT2D eigenvalue weighted by Gasteiger charge is 2.34. The van der Waals surface area contributed by atoms with Crippen LogP contribution in [0.1, 0.15) is 12.0 Å². The summed E-state index contributed by atoms with van der Waals surface area (Å²) in [6.45, 7) is 2.83. The molecule has 2 rings (SSSR count). The minimum atomic E-state index is -3.97. The Balaban J connectivity index is 0.00000392. The largest absolute Gasteiger partial charge is 0.385 e. The van der Waals surface area contributed by atoms with E-state index in [-0.39, 0.29) is 20.8 Å². The van der Waals surface area contributed by atoms with E-state index in [0.717, 1.165) is 6.42 Å². The number of hydrogen-bond acceptors (Lipinski definition) is 8. The number of sulfonamides is 2. The van der Waals surface area contributed by atoms with Crippen LogP contribution in [0.15, 0.2) is 20.2 Å². The van der Waals surface area contributed by atoms with Crippen molar-refractivity contribution < 1.29 is 26.3 Å². The van der Waals surface area contributed by atoms with E-state index in [4.69, 9.17) is 14.6 Å². The second kappa shape index (κ2) is 10.3. The van der Waals surface area contributed by atoms with E-state index >= 15 is 0 Å². The van der Waals surface area contributed by atoms with Gasteiger partial charge in [-0.25, -0.2) is 22.0 Å². The number of rotatable bonds is 10. The van der Waals surface area contributed by atoms with Gasteiger partial charge < -0.3 is 9.47 Å². The highest BCUT2D eigenvalue weighted by molar-refractivity contribution is 7.94. The molecule has 162 valence electrons. The van der Waals surface area contributed by atoms with Gasteiger partial charge in [0.05, 0.1) is 6.61 Å². The van der Waals surface area contributed by atoms with Crippen LogP contribution in [0.25, 0.3) is 6.08 Å². The van der Waals surface area contributed by atoms with Crippen molar-refractivity contribution in [1.82, 2.24) is 9.21 Å². The van der Waals surface area contributed by atoms with Gasteiger partial charge in [0.1, 0.15) is 8.42 Å². The van der Waals surface area contributed by atoms with E-state index in [1.807, 2.05) is 0 Å². The molecule has 1 aliphatic heterocycles. The fourth-order valence-corrected chi connectivity index (χ4v) is 6.53. The third-order valence-electron chi connectivity index (χ3n) is 4.12. The lowest BCUT2D eigenvalue weighted by Crippen LogP contribution is -2.38. The summed E-state index contributed by atoms with van der Waals surface area (Å²) >= 11 is 0.667. The molecule has 1 aromatic heterocycles. The average molecular weight is 476 g/mol. The zero-order valence-corrected chi connectivity index (χ0v) is 19.2. The molecule has 2 N–H and O–H groups in total. The van der Waals surface area contributed by atoms with E-state index in [0.29, 0.717) is 55.4 Å². The lowest BCUT2D eigenvalue weighted by molar-refractivity contribution is 0.136. The SMILES string of the molecule is COCCCN(CCOC)CC1=Cc2cc(S(N)(=O)=O)sc2S(=O)(=O)N1C.Cl. The van der Waals surface area contributed by atoms with Gasteiger partial charge in [-0.15, -0.1) is 23.7 Å². The summed E-state index contributed by atoms with van der Waals surface area (Å²) in [4.78, 5) is 2.07. The number of halogens is 1. The minimum Gasteiger partial charge on any atom is -0.385 e. The van der Waals surface area contributed by atoms with Crippen molar-refractivity contribution in [2.24, 2.45) is 5.14 Å². The Bertz CT molecular complexity index is 898. The molecule has 2 heterocycles. The molecule has 1 aromatic rings. The van der Waals surface area contributed by atoms with Gasteiger partial charge in [0.25, 0.3) is 10.0 Å². The van der Waals surface area contributed by atoms with Gasteiger partial charge in [-0.1, -0.05) is 0 Å². The van der Waals surface area contributed by atoms with Crippen molar-refractivity contribution in [3.05, 3.63) is 17.3 Å². The quantitative estimate of drug-likeness (QED) is 0.496. The number of primary sulfonamides is 1. The number of nitrogens with zero attached hydrogens (tertiary/aromatic N) is 2. The molecule has 28 heavy (non-hydrogen) atoms. The maximum atomic E-state index is 12.8. The van der Waals surface area contributed by atoms with Crippen LogP contribution in [-0.2, 0) is 29.5 Å². The molecule has 0 bridgehead atoms. The lowest BCUT2D eigenvalue weighted by atomic mass is 10.2. The number of likely N-dealkylation sites (N-methyl/N-ethyl adjacent to an activating group) is 1. The maximum Gasteiger partial charge on any atom is 0.274 e. The second-order valence-electron chi connectivity index (χ2n) is 6.08. The summed E-state index contributed by atoms with van der Waals surface area (Å²) in [5.41, 5.74) is 0.899. The Kier molecular flexibility index (Phi) is 9.35. The third kappa shape index (κ3) is 5.89. The number of fused-ring (bicyclic) bond motifs is 1. The smallest absolute Gasteiger partial charge is 0.274 e. The molecule has 1 aliphatic rings. The summed E-state index contributed by atoms with van der Waals surface area (Å²) in [6.07, 6.45) is 2.49. The van der Waals surface area contributed by atoms with Gasteiger partial charge >= 0.3 is 0 Å². The van der Waals surface area contributed by atoms with Crippen LogP contribution in [0.3, 0.4) is 0 Å². The van der Waals surface area contributed by atoms with Gasteiger partial charge in [-0.05, 0) is 18.6 Å². The summed E-state index contributed by atoms with van der Waals surface area (Å²) in [6, 6.07) is 1.31. The Labute approximate surface area is 176 Å². The van der Waals surface area contributed by atoms with Crippen LogP contribution in [-0.4, -0.2) is 80.2 Å². The maximum absolute atomic E-state index is 12.8. The predicted molar refractivity (Wildman–Crippen MR) is 111 cm³/mol. The second-order valence-corrected chi connectivity index (χ2v) is 11.1. The van der Waals surface area contributed by atoms with Crippen LogP contribution >= 0.6 is 23.7 Å². The van der Waals surface area contributed by atoms with Gasteiger partial charge in [0, 0.05) is 58.8 Å². The van der Waals surface area contributed by atoms with Crippen molar-refractivity contribution in [2.75, 3.05) is 54.1 Å². The van der Waals surface area contributed by atoms with Gasteiger partial charge in [0.2, 0.25) is 10.0 Å². The number of methoxy groups -OCH3 is 2.